The highest BCUT2D eigenvalue weighted by molar-refractivity contribution is 5.88. The van der Waals surface area contributed by atoms with Gasteiger partial charge < -0.3 is 23.9 Å². The molecule has 0 bridgehead atoms. The number of aryl methyl sites for hydroxylation is 2. The van der Waals surface area contributed by atoms with Crippen LogP contribution in [0.25, 0.3) is 22.1 Å². The van der Waals surface area contributed by atoms with Gasteiger partial charge >= 0.3 is 0 Å². The highest BCUT2D eigenvalue weighted by Crippen LogP contribution is 2.37. The first-order chi connectivity index (χ1) is 13.4. The van der Waals surface area contributed by atoms with E-state index >= 15 is 0 Å². The molecule has 0 aliphatic carbocycles. The van der Waals surface area contributed by atoms with Crippen molar-refractivity contribution < 1.29 is 23.9 Å². The first kappa shape index (κ1) is 18.4. The van der Waals surface area contributed by atoms with Crippen LogP contribution in [0.2, 0.25) is 0 Å². The average molecular weight is 382 g/mol. The van der Waals surface area contributed by atoms with E-state index in [-0.39, 0.29) is 18.0 Å². The summed E-state index contributed by atoms with van der Waals surface area (Å²) in [4.78, 5) is 14.6. The number of rotatable bonds is 4. The molecule has 0 fully saturated rings. The van der Waals surface area contributed by atoms with Crippen molar-refractivity contribution in [3.63, 3.8) is 0 Å². The quantitative estimate of drug-likeness (QED) is 0.725. The van der Waals surface area contributed by atoms with Crippen LogP contribution in [-0.2, 0) is 13.0 Å². The van der Waals surface area contributed by atoms with Gasteiger partial charge in [0.15, 0.2) is 17.1 Å². The van der Waals surface area contributed by atoms with E-state index in [1.807, 2.05) is 27.1 Å². The molecule has 2 heterocycles. The van der Waals surface area contributed by atoms with Crippen LogP contribution in [0.5, 0.6) is 17.2 Å². The Labute approximate surface area is 162 Å². The molecular formula is C22H24NO5+. The molecule has 6 nitrogen and oxygen atoms in total. The third-order valence-corrected chi connectivity index (χ3v) is 5.08. The van der Waals surface area contributed by atoms with Crippen molar-refractivity contribution in [3.8, 4) is 28.4 Å². The fraction of sp³-hybridized carbons (Fsp3) is 0.318. The van der Waals surface area contributed by atoms with Crippen molar-refractivity contribution >= 4 is 11.0 Å². The van der Waals surface area contributed by atoms with Crippen molar-refractivity contribution in [2.24, 2.45) is 0 Å². The van der Waals surface area contributed by atoms with Crippen molar-refractivity contribution in [1.82, 2.24) is 0 Å². The van der Waals surface area contributed by atoms with E-state index < -0.39 is 0 Å². The zero-order valence-corrected chi connectivity index (χ0v) is 16.5. The third kappa shape index (κ3) is 2.90. The zero-order chi connectivity index (χ0) is 20.0. The van der Waals surface area contributed by atoms with Crippen molar-refractivity contribution in [3.05, 3.63) is 51.4 Å². The largest absolute Gasteiger partial charge is 0.507 e. The molecule has 28 heavy (non-hydrogen) atoms. The van der Waals surface area contributed by atoms with E-state index in [4.69, 9.17) is 13.9 Å². The maximum Gasteiger partial charge on any atom is 0.231 e. The smallest absolute Gasteiger partial charge is 0.231 e. The molecule has 0 saturated heterocycles. The summed E-state index contributed by atoms with van der Waals surface area (Å²) in [7, 11) is 3.99. The van der Waals surface area contributed by atoms with E-state index in [9.17, 15) is 9.90 Å². The Kier molecular flexibility index (Phi) is 4.51. The third-order valence-electron chi connectivity index (χ3n) is 5.08. The summed E-state index contributed by atoms with van der Waals surface area (Å²) >= 11 is 0. The number of quaternary nitrogens is 1. The Balaban J connectivity index is 2.00. The Morgan fingerprint density at radius 1 is 1.14 bits per heavy atom. The minimum atomic E-state index is -0.109. The second kappa shape index (κ2) is 6.87. The maximum atomic E-state index is 13.4. The molecule has 0 spiro atoms. The van der Waals surface area contributed by atoms with E-state index in [2.05, 4.69) is 0 Å². The summed E-state index contributed by atoms with van der Waals surface area (Å²) in [5.41, 5.74) is 3.00. The van der Waals surface area contributed by atoms with Crippen LogP contribution in [0.15, 0.2) is 33.5 Å². The predicted octanol–water partition coefficient (Wildman–Crippen LogP) is 2.41. The van der Waals surface area contributed by atoms with Gasteiger partial charge in [-0.3, -0.25) is 4.79 Å². The van der Waals surface area contributed by atoms with Gasteiger partial charge in [-0.15, -0.1) is 0 Å². The molecule has 0 atom stereocenters. The number of benzene rings is 2. The van der Waals surface area contributed by atoms with Gasteiger partial charge in [0.05, 0.1) is 30.6 Å². The lowest BCUT2D eigenvalue weighted by Crippen LogP contribution is -3.04. The first-order valence-corrected chi connectivity index (χ1v) is 9.40. The topological polar surface area (TPSA) is 73.3 Å². The van der Waals surface area contributed by atoms with Crippen LogP contribution in [0, 0.1) is 6.92 Å². The van der Waals surface area contributed by atoms with Gasteiger partial charge in [-0.1, -0.05) is 13.0 Å². The number of hydrogen-bond acceptors (Lipinski definition) is 5. The molecule has 0 unspecified atom stereocenters. The Morgan fingerprint density at radius 3 is 2.61 bits per heavy atom. The fourth-order valence-electron chi connectivity index (χ4n) is 3.73. The van der Waals surface area contributed by atoms with E-state index in [1.165, 1.54) is 0 Å². The van der Waals surface area contributed by atoms with Crippen molar-refractivity contribution in [1.29, 1.82) is 0 Å². The fourth-order valence-corrected chi connectivity index (χ4v) is 3.73. The van der Waals surface area contributed by atoms with Gasteiger partial charge in [-0.25, -0.2) is 0 Å². The lowest BCUT2D eigenvalue weighted by molar-refractivity contribution is -0.872. The molecule has 2 N–H and O–H groups in total. The number of ether oxygens (including phenoxy) is 2. The molecule has 2 aromatic carbocycles. The Hall–Kier alpha value is -2.99. The number of hydrogen-bond donors (Lipinski definition) is 2. The molecule has 0 radical (unpaired) electrons. The van der Waals surface area contributed by atoms with Gasteiger partial charge in [0.25, 0.3) is 0 Å². The second-order valence-corrected chi connectivity index (χ2v) is 7.41. The van der Waals surface area contributed by atoms with Gasteiger partial charge in [0.2, 0.25) is 12.2 Å². The first-order valence-electron chi connectivity index (χ1n) is 9.40. The summed E-state index contributed by atoms with van der Waals surface area (Å²) in [6.45, 7) is 4.47. The predicted molar refractivity (Wildman–Crippen MR) is 106 cm³/mol. The van der Waals surface area contributed by atoms with Crippen LogP contribution >= 0.6 is 0 Å². The molecule has 4 rings (SSSR count). The highest BCUT2D eigenvalue weighted by Gasteiger charge is 2.23. The maximum absolute atomic E-state index is 13.4. The monoisotopic (exact) mass is 382 g/mol. The van der Waals surface area contributed by atoms with E-state index in [0.717, 1.165) is 16.0 Å². The van der Waals surface area contributed by atoms with Crippen LogP contribution in [0.4, 0.5) is 0 Å². The van der Waals surface area contributed by atoms with Gasteiger partial charge in [-0.2, -0.15) is 0 Å². The number of fused-ring (bicyclic) bond motifs is 2. The van der Waals surface area contributed by atoms with E-state index in [1.54, 1.807) is 25.1 Å². The minimum Gasteiger partial charge on any atom is -0.507 e. The molecule has 1 aliphatic heterocycles. The number of nitrogens with one attached hydrogen (secondary N) is 1. The lowest BCUT2D eigenvalue weighted by Gasteiger charge is -2.15. The molecule has 3 aromatic rings. The SMILES string of the molecule is CCc1cc2c(=O)c(-c3ccc4c(c3)OCO4)c(C)oc2c(C[NH+](C)C)c1O. The van der Waals surface area contributed by atoms with Gasteiger partial charge in [-0.05, 0) is 42.7 Å². The minimum absolute atomic E-state index is 0.109. The van der Waals surface area contributed by atoms with Gasteiger partial charge in [0, 0.05) is 0 Å². The molecule has 1 aliphatic rings. The van der Waals surface area contributed by atoms with Crippen LogP contribution in [0.1, 0.15) is 23.8 Å². The Morgan fingerprint density at radius 2 is 1.89 bits per heavy atom. The summed E-state index contributed by atoms with van der Waals surface area (Å²) in [5.74, 6) is 2.01. The average Bonchev–Trinajstić information content (AvgIpc) is 3.12. The van der Waals surface area contributed by atoms with Crippen LogP contribution in [0.3, 0.4) is 0 Å². The number of phenolic OH excluding ortho intramolecular Hbond substituents is 1. The lowest BCUT2D eigenvalue weighted by atomic mass is 9.97. The second-order valence-electron chi connectivity index (χ2n) is 7.41. The standard InChI is InChI=1S/C22H23NO5/c1-5-13-8-15-21(25)19(14-6-7-17-18(9-14)27-11-26-17)12(2)28-22(15)16(20(13)24)10-23(3)4/h6-9,24H,5,10-11H2,1-4H3/p+1. The van der Waals surface area contributed by atoms with Gasteiger partial charge in [0.1, 0.15) is 18.1 Å². The molecule has 1 aromatic heterocycles. The molecule has 0 amide bonds. The summed E-state index contributed by atoms with van der Waals surface area (Å²) < 4.78 is 16.9. The normalized spacial score (nSPS) is 12.9. The van der Waals surface area contributed by atoms with Crippen molar-refractivity contribution in [2.75, 3.05) is 20.9 Å². The summed E-state index contributed by atoms with van der Waals surface area (Å²) in [6, 6.07) is 7.20. The van der Waals surface area contributed by atoms with Crippen LogP contribution < -0.4 is 19.8 Å². The number of phenols is 1. The molecule has 6 heteroatoms. The Bertz CT molecular complexity index is 1130. The van der Waals surface area contributed by atoms with Crippen molar-refractivity contribution in [2.45, 2.75) is 26.8 Å². The summed E-state index contributed by atoms with van der Waals surface area (Å²) in [6.07, 6.45) is 0.629. The zero-order valence-electron chi connectivity index (χ0n) is 16.5. The van der Waals surface area contributed by atoms with Crippen LogP contribution in [-0.4, -0.2) is 26.0 Å². The highest BCUT2D eigenvalue weighted by atomic mass is 16.7. The molecule has 0 saturated carbocycles. The van der Waals surface area contributed by atoms with E-state index in [0.29, 0.717) is 52.3 Å². The molecular weight excluding hydrogens is 358 g/mol. The molecule has 146 valence electrons. The summed E-state index contributed by atoms with van der Waals surface area (Å²) in [5, 5.41) is 11.2. The number of aromatic hydroxyl groups is 1.